The standard InChI is InChI=1S/C14H17NOS2/c1-3-4-7-18-9-10(2)11-5-6-12-13(8-11)16-14(17)15-12/h5-6,8H,2-4,7,9H2,1H3,(H,15,17). The largest absolute Gasteiger partial charge is 0.429 e. The third kappa shape index (κ3) is 3.27. The molecular weight excluding hydrogens is 262 g/mol. The van der Waals surface area contributed by atoms with Crippen molar-refractivity contribution in [2.45, 2.75) is 19.8 Å². The van der Waals surface area contributed by atoms with Crippen molar-refractivity contribution < 1.29 is 4.42 Å². The van der Waals surface area contributed by atoms with Crippen molar-refractivity contribution >= 4 is 40.7 Å². The van der Waals surface area contributed by atoms with E-state index < -0.39 is 0 Å². The molecule has 0 radical (unpaired) electrons. The van der Waals surface area contributed by atoms with Gasteiger partial charge in [-0.25, -0.2) is 0 Å². The molecule has 0 fully saturated rings. The van der Waals surface area contributed by atoms with Crippen molar-refractivity contribution in [3.8, 4) is 0 Å². The summed E-state index contributed by atoms with van der Waals surface area (Å²) in [7, 11) is 0. The molecule has 0 aliphatic carbocycles. The van der Waals surface area contributed by atoms with Crippen molar-refractivity contribution in [2.24, 2.45) is 0 Å². The number of aromatic amines is 1. The number of H-pyrrole nitrogens is 1. The van der Waals surface area contributed by atoms with Crippen LogP contribution in [0.4, 0.5) is 0 Å². The van der Waals surface area contributed by atoms with Gasteiger partial charge in [0.2, 0.25) is 0 Å². The average molecular weight is 279 g/mol. The minimum Gasteiger partial charge on any atom is -0.429 e. The van der Waals surface area contributed by atoms with Crippen LogP contribution >= 0.6 is 24.0 Å². The molecule has 2 nitrogen and oxygen atoms in total. The Labute approximate surface area is 116 Å². The number of aromatic nitrogens is 1. The SMILES string of the molecule is C=C(CSCCCC)c1ccc2[nH]c(=S)oc2c1. The molecule has 0 saturated carbocycles. The van der Waals surface area contributed by atoms with Gasteiger partial charge in [0.05, 0.1) is 5.52 Å². The van der Waals surface area contributed by atoms with Crippen molar-refractivity contribution in [3.63, 3.8) is 0 Å². The lowest BCUT2D eigenvalue weighted by molar-refractivity contribution is 0.583. The molecule has 0 saturated heterocycles. The van der Waals surface area contributed by atoms with Gasteiger partial charge in [-0.05, 0) is 47.7 Å². The first kappa shape index (κ1) is 13.4. The predicted octanol–water partition coefficient (Wildman–Crippen LogP) is 5.04. The number of rotatable bonds is 6. The first-order valence-electron chi connectivity index (χ1n) is 6.09. The van der Waals surface area contributed by atoms with Gasteiger partial charge in [-0.2, -0.15) is 11.8 Å². The number of benzene rings is 1. The Morgan fingerprint density at radius 3 is 3.11 bits per heavy atom. The fourth-order valence-corrected chi connectivity index (χ4v) is 2.94. The van der Waals surface area contributed by atoms with Crippen LogP contribution in [0.15, 0.2) is 29.2 Å². The van der Waals surface area contributed by atoms with Crippen LogP contribution in [0, 0.1) is 4.84 Å². The lowest BCUT2D eigenvalue weighted by Crippen LogP contribution is -1.88. The van der Waals surface area contributed by atoms with Crippen LogP contribution in [-0.4, -0.2) is 16.5 Å². The van der Waals surface area contributed by atoms with Gasteiger partial charge in [0, 0.05) is 5.75 Å². The van der Waals surface area contributed by atoms with Gasteiger partial charge in [0.1, 0.15) is 0 Å². The average Bonchev–Trinajstić information content (AvgIpc) is 2.73. The van der Waals surface area contributed by atoms with Gasteiger partial charge in [-0.1, -0.05) is 26.0 Å². The third-order valence-corrected chi connectivity index (χ3v) is 4.06. The molecule has 1 aromatic carbocycles. The maximum Gasteiger partial charge on any atom is 0.266 e. The summed E-state index contributed by atoms with van der Waals surface area (Å²) < 4.78 is 5.41. The van der Waals surface area contributed by atoms with Crippen LogP contribution in [-0.2, 0) is 0 Å². The minimum absolute atomic E-state index is 0.421. The van der Waals surface area contributed by atoms with Gasteiger partial charge in [-0.3, -0.25) is 0 Å². The third-order valence-electron chi connectivity index (χ3n) is 2.75. The highest BCUT2D eigenvalue weighted by atomic mass is 32.2. The quantitative estimate of drug-likeness (QED) is 0.593. The van der Waals surface area contributed by atoms with Crippen molar-refractivity contribution in [1.82, 2.24) is 4.98 Å². The zero-order valence-electron chi connectivity index (χ0n) is 10.5. The second-order valence-corrected chi connectivity index (χ2v) is 5.71. The van der Waals surface area contributed by atoms with Crippen LogP contribution in [0.2, 0.25) is 0 Å². The van der Waals surface area contributed by atoms with E-state index in [-0.39, 0.29) is 0 Å². The summed E-state index contributed by atoms with van der Waals surface area (Å²) in [5.74, 6) is 2.17. The lowest BCUT2D eigenvalue weighted by atomic mass is 10.1. The van der Waals surface area contributed by atoms with Gasteiger partial charge in [0.15, 0.2) is 5.58 Å². The summed E-state index contributed by atoms with van der Waals surface area (Å²) in [5.41, 5.74) is 4.01. The van der Waals surface area contributed by atoms with Crippen LogP contribution in [0.1, 0.15) is 25.3 Å². The molecule has 0 aliphatic rings. The van der Waals surface area contributed by atoms with Crippen LogP contribution in [0.3, 0.4) is 0 Å². The number of oxazole rings is 1. The zero-order chi connectivity index (χ0) is 13.0. The number of unbranched alkanes of at least 4 members (excludes halogenated alkanes) is 1. The molecule has 2 aromatic rings. The Balaban J connectivity index is 2.05. The lowest BCUT2D eigenvalue weighted by Gasteiger charge is -2.05. The summed E-state index contributed by atoms with van der Waals surface area (Å²) >= 11 is 6.91. The topological polar surface area (TPSA) is 28.9 Å². The Morgan fingerprint density at radius 1 is 1.50 bits per heavy atom. The molecule has 1 aromatic heterocycles. The van der Waals surface area contributed by atoms with E-state index >= 15 is 0 Å². The summed E-state index contributed by atoms with van der Waals surface area (Å²) in [5, 5.41) is 0. The first-order chi connectivity index (χ1) is 8.70. The highest BCUT2D eigenvalue weighted by Gasteiger charge is 2.04. The van der Waals surface area contributed by atoms with Crippen LogP contribution in [0.5, 0.6) is 0 Å². The van der Waals surface area contributed by atoms with E-state index in [0.717, 1.165) is 28.0 Å². The normalized spacial score (nSPS) is 10.9. The molecule has 0 bridgehead atoms. The number of hydrogen-bond acceptors (Lipinski definition) is 3. The number of hydrogen-bond donors (Lipinski definition) is 1. The maximum absolute atomic E-state index is 5.41. The van der Waals surface area contributed by atoms with Gasteiger partial charge >= 0.3 is 0 Å². The van der Waals surface area contributed by atoms with Gasteiger partial charge in [0.25, 0.3) is 4.84 Å². The number of fused-ring (bicyclic) bond motifs is 1. The molecule has 0 unspecified atom stereocenters. The second kappa shape index (κ2) is 6.25. The van der Waals surface area contributed by atoms with E-state index in [4.69, 9.17) is 16.6 Å². The van der Waals surface area contributed by atoms with E-state index in [1.807, 2.05) is 23.9 Å². The Hall–Kier alpha value is -1.00. The zero-order valence-corrected chi connectivity index (χ0v) is 12.1. The van der Waals surface area contributed by atoms with Gasteiger partial charge in [-0.15, -0.1) is 0 Å². The fraction of sp³-hybridized carbons (Fsp3) is 0.357. The molecule has 1 heterocycles. The van der Waals surface area contributed by atoms with Gasteiger partial charge < -0.3 is 9.40 Å². The summed E-state index contributed by atoms with van der Waals surface area (Å²) in [4.78, 5) is 3.42. The molecule has 18 heavy (non-hydrogen) atoms. The number of thioether (sulfide) groups is 1. The van der Waals surface area contributed by atoms with Crippen molar-refractivity contribution in [2.75, 3.05) is 11.5 Å². The molecule has 96 valence electrons. The highest BCUT2D eigenvalue weighted by Crippen LogP contribution is 2.23. The monoisotopic (exact) mass is 279 g/mol. The summed E-state index contributed by atoms with van der Waals surface area (Å²) in [6.45, 7) is 6.35. The second-order valence-electron chi connectivity index (χ2n) is 4.24. The molecule has 2 rings (SSSR count). The van der Waals surface area contributed by atoms with Crippen LogP contribution < -0.4 is 0 Å². The molecular formula is C14H17NOS2. The molecule has 0 spiro atoms. The Kier molecular flexibility index (Phi) is 4.66. The maximum atomic E-state index is 5.41. The number of nitrogens with one attached hydrogen (secondary N) is 1. The van der Waals surface area contributed by atoms with E-state index in [2.05, 4.69) is 24.6 Å². The summed E-state index contributed by atoms with van der Waals surface area (Å²) in [6, 6.07) is 6.06. The van der Waals surface area contributed by atoms with Crippen LogP contribution in [0.25, 0.3) is 16.7 Å². The Morgan fingerprint density at radius 2 is 2.33 bits per heavy atom. The predicted molar refractivity (Wildman–Crippen MR) is 82.7 cm³/mol. The minimum atomic E-state index is 0.421. The summed E-state index contributed by atoms with van der Waals surface area (Å²) in [6.07, 6.45) is 2.51. The van der Waals surface area contributed by atoms with Crippen molar-refractivity contribution in [1.29, 1.82) is 0 Å². The molecule has 0 aliphatic heterocycles. The first-order valence-corrected chi connectivity index (χ1v) is 7.65. The van der Waals surface area contributed by atoms with E-state index in [0.29, 0.717) is 4.84 Å². The van der Waals surface area contributed by atoms with Crippen molar-refractivity contribution in [3.05, 3.63) is 35.2 Å². The molecule has 0 atom stereocenters. The molecule has 4 heteroatoms. The molecule has 0 amide bonds. The smallest absolute Gasteiger partial charge is 0.266 e. The Bertz CT molecular complexity index is 597. The fourth-order valence-electron chi connectivity index (χ4n) is 1.69. The van der Waals surface area contributed by atoms with E-state index in [9.17, 15) is 0 Å². The molecule has 1 N–H and O–H groups in total. The highest BCUT2D eigenvalue weighted by molar-refractivity contribution is 7.99. The van der Waals surface area contributed by atoms with E-state index in [1.165, 1.54) is 18.6 Å². The van der Waals surface area contributed by atoms with E-state index in [1.54, 1.807) is 0 Å².